The molecule has 0 saturated carbocycles. The third kappa shape index (κ3) is 3.98. The Bertz CT molecular complexity index is 333. The molecule has 1 unspecified atom stereocenters. The van der Waals surface area contributed by atoms with E-state index in [2.05, 4.69) is 5.32 Å². The van der Waals surface area contributed by atoms with Crippen LogP contribution in [0.2, 0.25) is 5.02 Å². The number of aliphatic hydroxyl groups excluding tert-OH is 2. The van der Waals surface area contributed by atoms with Crippen LogP contribution < -0.4 is 10.1 Å². The lowest BCUT2D eigenvalue weighted by Gasteiger charge is -2.10. The summed E-state index contributed by atoms with van der Waals surface area (Å²) in [5.41, 5.74) is 0.996. The van der Waals surface area contributed by atoms with Crippen LogP contribution in [-0.2, 0) is 6.54 Å². The summed E-state index contributed by atoms with van der Waals surface area (Å²) in [4.78, 5) is 0. The lowest BCUT2D eigenvalue weighted by Crippen LogP contribution is -2.28. The van der Waals surface area contributed by atoms with Crippen LogP contribution >= 0.6 is 11.6 Å². The normalized spacial score (nSPS) is 12.5. The van der Waals surface area contributed by atoms with Crippen LogP contribution in [0, 0.1) is 0 Å². The summed E-state index contributed by atoms with van der Waals surface area (Å²) in [6.07, 6.45) is -0.728. The molecule has 0 amide bonds. The van der Waals surface area contributed by atoms with Gasteiger partial charge in [-0.2, -0.15) is 0 Å². The predicted molar refractivity (Wildman–Crippen MR) is 62.8 cm³/mol. The number of nitrogens with one attached hydrogen (secondary N) is 1. The minimum absolute atomic E-state index is 0.240. The van der Waals surface area contributed by atoms with Crippen molar-refractivity contribution in [2.45, 2.75) is 12.6 Å². The molecule has 0 bridgehead atoms. The van der Waals surface area contributed by atoms with Crippen LogP contribution in [0.25, 0.3) is 0 Å². The van der Waals surface area contributed by atoms with E-state index in [1.54, 1.807) is 19.2 Å². The first-order chi connectivity index (χ1) is 7.67. The predicted octanol–water partition coefficient (Wildman–Crippen LogP) is 0.791. The third-order valence-electron chi connectivity index (χ3n) is 2.14. The van der Waals surface area contributed by atoms with Crippen molar-refractivity contribution in [3.8, 4) is 5.75 Å². The molecule has 1 aromatic carbocycles. The molecular weight excluding hydrogens is 230 g/mol. The Kier molecular flexibility index (Phi) is 5.55. The SMILES string of the molecule is COc1ccc(CNCC(O)CO)cc1Cl. The van der Waals surface area contributed by atoms with E-state index in [1.807, 2.05) is 6.07 Å². The van der Waals surface area contributed by atoms with Crippen LogP contribution in [0.15, 0.2) is 18.2 Å². The van der Waals surface area contributed by atoms with E-state index in [-0.39, 0.29) is 6.61 Å². The molecule has 0 aliphatic rings. The molecule has 0 saturated heterocycles. The van der Waals surface area contributed by atoms with Crippen molar-refractivity contribution < 1.29 is 14.9 Å². The molecule has 4 nitrogen and oxygen atoms in total. The number of hydrogen-bond acceptors (Lipinski definition) is 4. The lowest BCUT2D eigenvalue weighted by atomic mass is 10.2. The third-order valence-corrected chi connectivity index (χ3v) is 2.43. The monoisotopic (exact) mass is 245 g/mol. The summed E-state index contributed by atoms with van der Waals surface area (Å²) >= 11 is 5.96. The zero-order valence-corrected chi connectivity index (χ0v) is 9.87. The highest BCUT2D eigenvalue weighted by molar-refractivity contribution is 6.32. The Morgan fingerprint density at radius 2 is 2.25 bits per heavy atom. The van der Waals surface area contributed by atoms with Crippen molar-refractivity contribution in [2.24, 2.45) is 0 Å². The smallest absolute Gasteiger partial charge is 0.137 e. The molecule has 0 radical (unpaired) electrons. The first kappa shape index (κ1) is 13.3. The van der Waals surface area contributed by atoms with Crippen LogP contribution in [0.1, 0.15) is 5.56 Å². The summed E-state index contributed by atoms with van der Waals surface area (Å²) < 4.78 is 5.03. The lowest BCUT2D eigenvalue weighted by molar-refractivity contribution is 0.0942. The maximum absolute atomic E-state index is 9.11. The van der Waals surface area contributed by atoms with Gasteiger partial charge in [0.25, 0.3) is 0 Å². The molecule has 5 heteroatoms. The van der Waals surface area contributed by atoms with Gasteiger partial charge in [0.05, 0.1) is 24.8 Å². The van der Waals surface area contributed by atoms with Gasteiger partial charge in [-0.25, -0.2) is 0 Å². The minimum atomic E-state index is -0.728. The fraction of sp³-hybridized carbons (Fsp3) is 0.455. The summed E-state index contributed by atoms with van der Waals surface area (Å²) in [6, 6.07) is 5.49. The molecule has 1 aromatic rings. The molecule has 0 spiro atoms. The molecular formula is C11H16ClNO3. The molecule has 1 rings (SSSR count). The maximum atomic E-state index is 9.11. The van der Waals surface area contributed by atoms with Crippen molar-refractivity contribution in [1.29, 1.82) is 0 Å². The number of benzene rings is 1. The molecule has 1 atom stereocenters. The second kappa shape index (κ2) is 6.70. The van der Waals surface area contributed by atoms with E-state index in [9.17, 15) is 0 Å². The van der Waals surface area contributed by atoms with Crippen LogP contribution in [0.4, 0.5) is 0 Å². The average Bonchev–Trinajstić information content (AvgIpc) is 2.29. The van der Waals surface area contributed by atoms with Gasteiger partial charge in [-0.15, -0.1) is 0 Å². The van der Waals surface area contributed by atoms with E-state index >= 15 is 0 Å². The van der Waals surface area contributed by atoms with Gasteiger partial charge in [0.15, 0.2) is 0 Å². The van der Waals surface area contributed by atoms with Gasteiger partial charge in [-0.1, -0.05) is 17.7 Å². The van der Waals surface area contributed by atoms with E-state index < -0.39 is 6.10 Å². The van der Waals surface area contributed by atoms with E-state index in [0.29, 0.717) is 23.9 Å². The van der Waals surface area contributed by atoms with Crippen molar-refractivity contribution in [3.63, 3.8) is 0 Å². The second-order valence-electron chi connectivity index (χ2n) is 3.44. The number of aliphatic hydroxyl groups is 2. The quantitative estimate of drug-likeness (QED) is 0.694. The highest BCUT2D eigenvalue weighted by atomic mass is 35.5. The molecule has 90 valence electrons. The number of halogens is 1. The van der Waals surface area contributed by atoms with Gasteiger partial charge in [0.1, 0.15) is 5.75 Å². The Balaban J connectivity index is 2.46. The van der Waals surface area contributed by atoms with Gasteiger partial charge >= 0.3 is 0 Å². The molecule has 0 aliphatic heterocycles. The maximum Gasteiger partial charge on any atom is 0.137 e. The van der Waals surface area contributed by atoms with Gasteiger partial charge in [-0.3, -0.25) is 0 Å². The topological polar surface area (TPSA) is 61.7 Å². The standard InChI is InChI=1S/C11H16ClNO3/c1-16-11-3-2-8(4-10(11)12)5-13-6-9(15)7-14/h2-4,9,13-15H,5-7H2,1H3. The summed E-state index contributed by atoms with van der Waals surface area (Å²) in [6.45, 7) is 0.692. The first-order valence-corrected chi connectivity index (χ1v) is 5.37. The Morgan fingerprint density at radius 1 is 1.50 bits per heavy atom. The first-order valence-electron chi connectivity index (χ1n) is 4.99. The van der Waals surface area contributed by atoms with E-state index in [1.165, 1.54) is 0 Å². The average molecular weight is 246 g/mol. The van der Waals surface area contributed by atoms with Crippen LogP contribution in [-0.4, -0.2) is 36.6 Å². The summed E-state index contributed by atoms with van der Waals surface area (Å²) in [7, 11) is 1.57. The zero-order chi connectivity index (χ0) is 12.0. The Hall–Kier alpha value is -0.810. The molecule has 3 N–H and O–H groups in total. The molecule has 0 aromatic heterocycles. The van der Waals surface area contributed by atoms with E-state index in [4.69, 9.17) is 26.6 Å². The highest BCUT2D eigenvalue weighted by Crippen LogP contribution is 2.24. The second-order valence-corrected chi connectivity index (χ2v) is 3.84. The zero-order valence-electron chi connectivity index (χ0n) is 9.11. The minimum Gasteiger partial charge on any atom is -0.495 e. The largest absolute Gasteiger partial charge is 0.495 e. The van der Waals surface area contributed by atoms with E-state index in [0.717, 1.165) is 5.56 Å². The number of methoxy groups -OCH3 is 1. The van der Waals surface area contributed by atoms with Gasteiger partial charge in [0.2, 0.25) is 0 Å². The molecule has 16 heavy (non-hydrogen) atoms. The molecule has 0 fully saturated rings. The number of ether oxygens (including phenoxy) is 1. The van der Waals surface area contributed by atoms with Crippen molar-refractivity contribution in [1.82, 2.24) is 5.32 Å². The van der Waals surface area contributed by atoms with Gasteiger partial charge in [0, 0.05) is 13.1 Å². The number of hydrogen-bond donors (Lipinski definition) is 3. The Morgan fingerprint density at radius 3 is 2.81 bits per heavy atom. The van der Waals surface area contributed by atoms with Crippen molar-refractivity contribution >= 4 is 11.6 Å². The molecule has 0 aliphatic carbocycles. The number of rotatable bonds is 6. The Labute approximate surface area is 99.8 Å². The fourth-order valence-electron chi connectivity index (χ4n) is 1.27. The summed E-state index contributed by atoms with van der Waals surface area (Å²) in [5.74, 6) is 0.640. The van der Waals surface area contributed by atoms with Gasteiger partial charge < -0.3 is 20.3 Å². The summed E-state index contributed by atoms with van der Waals surface area (Å²) in [5, 5.41) is 21.3. The van der Waals surface area contributed by atoms with Crippen LogP contribution in [0.5, 0.6) is 5.75 Å². The molecule has 0 heterocycles. The van der Waals surface area contributed by atoms with Crippen molar-refractivity contribution in [3.05, 3.63) is 28.8 Å². The van der Waals surface area contributed by atoms with Gasteiger partial charge in [-0.05, 0) is 17.7 Å². The van der Waals surface area contributed by atoms with Crippen LogP contribution in [0.3, 0.4) is 0 Å². The fourth-order valence-corrected chi connectivity index (χ4v) is 1.55. The highest BCUT2D eigenvalue weighted by Gasteiger charge is 2.03. The van der Waals surface area contributed by atoms with Crippen molar-refractivity contribution in [2.75, 3.05) is 20.3 Å².